The molecule has 17 heavy (non-hydrogen) atoms. The summed E-state index contributed by atoms with van der Waals surface area (Å²) in [5.41, 5.74) is -4.83. The molecule has 4 nitrogen and oxygen atoms in total. The first-order chi connectivity index (χ1) is 7.66. The van der Waals surface area contributed by atoms with Crippen LogP contribution in [0.4, 0.5) is 22.0 Å². The first-order valence-electron chi connectivity index (χ1n) is 3.96. The highest BCUT2D eigenvalue weighted by atomic mass is 19.4. The van der Waals surface area contributed by atoms with Gasteiger partial charge in [0.05, 0.1) is 5.56 Å². The molecule has 0 aromatic carbocycles. The number of aromatic carboxylic acids is 1. The Kier molecular flexibility index (Phi) is 3.21. The minimum absolute atomic E-state index is 0.0509. The maximum absolute atomic E-state index is 12.3. The molecule has 0 unspecified atom stereocenters. The fraction of sp³-hybridized carbons (Fsp3) is 0.250. The van der Waals surface area contributed by atoms with Crippen LogP contribution in [-0.2, 0) is 6.18 Å². The van der Waals surface area contributed by atoms with Crippen molar-refractivity contribution in [1.29, 1.82) is 0 Å². The Morgan fingerprint density at radius 2 is 1.88 bits per heavy atom. The normalized spacial score (nSPS) is 11.9. The van der Waals surface area contributed by atoms with Gasteiger partial charge in [-0.2, -0.15) is 13.2 Å². The Labute approximate surface area is 90.3 Å². The molecule has 0 amide bonds. The minimum Gasteiger partial charge on any atom is -0.505 e. The molecule has 0 radical (unpaired) electrons. The van der Waals surface area contributed by atoms with Crippen molar-refractivity contribution < 1.29 is 37.0 Å². The number of rotatable bonds is 2. The molecule has 1 heterocycles. The molecular formula is C8H4F5NO3. The van der Waals surface area contributed by atoms with Crippen LogP contribution in [0.25, 0.3) is 0 Å². The van der Waals surface area contributed by atoms with Crippen LogP contribution in [0.15, 0.2) is 6.20 Å². The fourth-order valence-electron chi connectivity index (χ4n) is 1.11. The van der Waals surface area contributed by atoms with Crippen LogP contribution in [0.5, 0.6) is 5.75 Å². The van der Waals surface area contributed by atoms with E-state index in [0.717, 1.165) is 0 Å². The van der Waals surface area contributed by atoms with Gasteiger partial charge in [-0.05, 0) is 0 Å². The number of alkyl halides is 5. The van der Waals surface area contributed by atoms with Crippen molar-refractivity contribution >= 4 is 5.97 Å². The smallest absolute Gasteiger partial charge is 0.418 e. The number of pyridine rings is 1. The zero-order valence-corrected chi connectivity index (χ0v) is 7.79. The van der Waals surface area contributed by atoms with Gasteiger partial charge in [-0.1, -0.05) is 0 Å². The van der Waals surface area contributed by atoms with Gasteiger partial charge in [-0.25, -0.2) is 13.6 Å². The molecule has 1 aromatic rings. The lowest BCUT2D eigenvalue weighted by atomic mass is 10.1. The molecule has 2 N–H and O–H groups in total. The molecule has 0 bridgehead atoms. The van der Waals surface area contributed by atoms with Gasteiger partial charge in [-0.15, -0.1) is 0 Å². The van der Waals surface area contributed by atoms with Crippen molar-refractivity contribution in [3.63, 3.8) is 0 Å². The molecule has 94 valence electrons. The van der Waals surface area contributed by atoms with Crippen molar-refractivity contribution in [3.8, 4) is 5.75 Å². The lowest BCUT2D eigenvalue weighted by Gasteiger charge is -2.12. The van der Waals surface area contributed by atoms with E-state index in [1.54, 1.807) is 0 Å². The molecule has 9 heteroatoms. The highest BCUT2D eigenvalue weighted by Crippen LogP contribution is 2.38. The lowest BCUT2D eigenvalue weighted by molar-refractivity contribution is -0.138. The maximum atomic E-state index is 12.3. The average Bonchev–Trinajstić information content (AvgIpc) is 2.14. The summed E-state index contributed by atoms with van der Waals surface area (Å²) in [6.45, 7) is 0. The van der Waals surface area contributed by atoms with Gasteiger partial charge in [-0.3, -0.25) is 4.98 Å². The van der Waals surface area contributed by atoms with E-state index in [1.165, 1.54) is 0 Å². The van der Waals surface area contributed by atoms with Crippen molar-refractivity contribution in [1.82, 2.24) is 4.98 Å². The van der Waals surface area contributed by atoms with E-state index >= 15 is 0 Å². The molecule has 0 spiro atoms. The number of halogens is 5. The molecule has 0 aliphatic rings. The quantitative estimate of drug-likeness (QED) is 0.798. The summed E-state index contributed by atoms with van der Waals surface area (Å²) in [6, 6.07) is 0. The third-order valence-corrected chi connectivity index (χ3v) is 1.81. The third-order valence-electron chi connectivity index (χ3n) is 1.81. The Bertz CT molecular complexity index is 457. The zero-order valence-electron chi connectivity index (χ0n) is 7.79. The van der Waals surface area contributed by atoms with Gasteiger partial charge >= 0.3 is 12.1 Å². The summed E-state index contributed by atoms with van der Waals surface area (Å²) >= 11 is 0. The van der Waals surface area contributed by atoms with E-state index in [4.69, 9.17) is 10.2 Å². The van der Waals surface area contributed by atoms with Crippen LogP contribution < -0.4 is 0 Å². The number of carboxylic acid groups (broad SMARTS) is 1. The second kappa shape index (κ2) is 4.15. The molecule has 0 aliphatic heterocycles. The van der Waals surface area contributed by atoms with Gasteiger partial charge < -0.3 is 10.2 Å². The van der Waals surface area contributed by atoms with Crippen LogP contribution >= 0.6 is 0 Å². The monoisotopic (exact) mass is 257 g/mol. The first-order valence-corrected chi connectivity index (χ1v) is 3.96. The van der Waals surface area contributed by atoms with Crippen LogP contribution in [0.2, 0.25) is 0 Å². The van der Waals surface area contributed by atoms with Gasteiger partial charge in [0.1, 0.15) is 11.3 Å². The number of aromatic nitrogens is 1. The number of carbonyl (C=O) groups is 1. The van der Waals surface area contributed by atoms with Crippen LogP contribution in [0.3, 0.4) is 0 Å². The SMILES string of the molecule is O=C(O)c1c(C(F)(F)F)cnc(C(F)F)c1O. The van der Waals surface area contributed by atoms with E-state index in [-0.39, 0.29) is 6.20 Å². The highest BCUT2D eigenvalue weighted by Gasteiger charge is 2.39. The number of hydrogen-bond acceptors (Lipinski definition) is 3. The van der Waals surface area contributed by atoms with Crippen LogP contribution in [0, 0.1) is 0 Å². The van der Waals surface area contributed by atoms with Gasteiger partial charge in [0.2, 0.25) is 0 Å². The molecule has 0 fully saturated rings. The van der Waals surface area contributed by atoms with Gasteiger partial charge in [0, 0.05) is 6.20 Å². The topological polar surface area (TPSA) is 70.4 Å². The second-order valence-electron chi connectivity index (χ2n) is 2.88. The van der Waals surface area contributed by atoms with E-state index < -0.39 is 41.1 Å². The largest absolute Gasteiger partial charge is 0.505 e. The molecule has 1 rings (SSSR count). The lowest BCUT2D eigenvalue weighted by Crippen LogP contribution is -2.15. The fourth-order valence-corrected chi connectivity index (χ4v) is 1.11. The highest BCUT2D eigenvalue weighted by molar-refractivity contribution is 5.93. The van der Waals surface area contributed by atoms with Crippen molar-refractivity contribution in [2.24, 2.45) is 0 Å². The number of hydrogen-bond donors (Lipinski definition) is 2. The molecule has 0 aliphatic carbocycles. The van der Waals surface area contributed by atoms with E-state index in [2.05, 4.69) is 4.98 Å². The maximum Gasteiger partial charge on any atom is 0.418 e. The van der Waals surface area contributed by atoms with Crippen molar-refractivity contribution in [3.05, 3.63) is 23.0 Å². The molecule has 0 saturated heterocycles. The van der Waals surface area contributed by atoms with Crippen LogP contribution in [0.1, 0.15) is 28.0 Å². The number of nitrogens with zero attached hydrogens (tertiary/aromatic N) is 1. The third kappa shape index (κ3) is 2.43. The Balaban J connectivity index is 3.57. The summed E-state index contributed by atoms with van der Waals surface area (Å²) in [5, 5.41) is 17.5. The van der Waals surface area contributed by atoms with E-state index in [1.807, 2.05) is 0 Å². The Morgan fingerprint density at radius 1 is 1.35 bits per heavy atom. The van der Waals surface area contributed by atoms with Crippen molar-refractivity contribution in [2.75, 3.05) is 0 Å². The van der Waals surface area contributed by atoms with E-state index in [9.17, 15) is 26.7 Å². The number of carboxylic acids is 1. The average molecular weight is 257 g/mol. The Morgan fingerprint density at radius 3 is 2.24 bits per heavy atom. The molecular weight excluding hydrogens is 253 g/mol. The summed E-state index contributed by atoms with van der Waals surface area (Å²) in [5.74, 6) is -3.85. The second-order valence-corrected chi connectivity index (χ2v) is 2.88. The summed E-state index contributed by atoms with van der Waals surface area (Å²) in [6.07, 6.45) is -8.54. The predicted octanol–water partition coefficient (Wildman–Crippen LogP) is 2.44. The Hall–Kier alpha value is -1.93. The number of aromatic hydroxyl groups is 1. The van der Waals surface area contributed by atoms with Crippen molar-refractivity contribution in [2.45, 2.75) is 12.6 Å². The molecule has 0 atom stereocenters. The predicted molar refractivity (Wildman–Crippen MR) is 42.8 cm³/mol. The molecule has 0 saturated carbocycles. The minimum atomic E-state index is -5.11. The molecule has 1 aromatic heterocycles. The van der Waals surface area contributed by atoms with Gasteiger partial charge in [0.25, 0.3) is 6.43 Å². The van der Waals surface area contributed by atoms with E-state index in [0.29, 0.717) is 0 Å². The first kappa shape index (κ1) is 13.1. The summed E-state index contributed by atoms with van der Waals surface area (Å²) in [4.78, 5) is 13.2. The zero-order chi connectivity index (χ0) is 13.4. The standard InChI is InChI=1S/C8H4F5NO3/c9-6(10)4-5(15)3(7(16)17)2(1-14-4)8(11,12)13/h1,6,15H,(H,16,17). The summed E-state index contributed by atoms with van der Waals surface area (Å²) in [7, 11) is 0. The van der Waals surface area contributed by atoms with Crippen LogP contribution in [-0.4, -0.2) is 21.2 Å². The summed E-state index contributed by atoms with van der Waals surface area (Å²) < 4.78 is 61.4. The van der Waals surface area contributed by atoms with Gasteiger partial charge in [0.15, 0.2) is 5.75 Å².